The predicted molar refractivity (Wildman–Crippen MR) is 131 cm³/mol. The fourth-order valence-electron chi connectivity index (χ4n) is 3.95. The lowest BCUT2D eigenvalue weighted by atomic mass is 10.1. The van der Waals surface area contributed by atoms with Crippen molar-refractivity contribution in [2.24, 2.45) is 12.0 Å². The number of aromatic hydroxyl groups is 1. The number of hydrogen-bond acceptors (Lipinski definition) is 5. The molecule has 0 saturated heterocycles. The molecule has 2 aromatic heterocycles. The Labute approximate surface area is 194 Å². The van der Waals surface area contributed by atoms with Crippen molar-refractivity contribution in [2.45, 2.75) is 27.2 Å². The van der Waals surface area contributed by atoms with E-state index in [-0.39, 0.29) is 28.9 Å². The summed E-state index contributed by atoms with van der Waals surface area (Å²) in [6.45, 7) is 5.31. The van der Waals surface area contributed by atoms with Crippen molar-refractivity contribution in [3.63, 3.8) is 0 Å². The molecule has 0 unspecified atom stereocenters. The van der Waals surface area contributed by atoms with Crippen LogP contribution in [0, 0.1) is 13.8 Å². The number of H-pyrrole nitrogens is 1. The van der Waals surface area contributed by atoms with Gasteiger partial charge in [0.15, 0.2) is 5.69 Å². The number of para-hydroxylation sites is 2. The molecular formula is C25H25N5O4. The first-order chi connectivity index (χ1) is 16.3. The summed E-state index contributed by atoms with van der Waals surface area (Å²) >= 11 is 0. The second kappa shape index (κ2) is 8.86. The third-order valence-electron chi connectivity index (χ3n) is 5.84. The number of aromatic amines is 1. The standard InChI is InChI=1S/C25H25N5O4/c1-5-18(26-21-16(3)28(4)30(24(21)33)17-12-7-6-8-13-17)20-22(31)27-25(34)29(23(20)32)19-14-10-9-11-15(19)2/h6-14,32H,5H2,1-4H3,(H,27,31,34). The molecule has 0 fully saturated rings. The summed E-state index contributed by atoms with van der Waals surface area (Å²) in [4.78, 5) is 45.5. The van der Waals surface area contributed by atoms with Crippen molar-refractivity contribution in [1.82, 2.24) is 18.9 Å². The van der Waals surface area contributed by atoms with Gasteiger partial charge in [-0.15, -0.1) is 0 Å². The molecule has 0 radical (unpaired) electrons. The number of aliphatic imine (C=N–C) groups is 1. The zero-order valence-corrected chi connectivity index (χ0v) is 19.4. The van der Waals surface area contributed by atoms with Crippen LogP contribution in [0.15, 0.2) is 74.0 Å². The largest absolute Gasteiger partial charge is 0.493 e. The van der Waals surface area contributed by atoms with Crippen LogP contribution in [0.25, 0.3) is 11.4 Å². The van der Waals surface area contributed by atoms with E-state index in [0.29, 0.717) is 17.1 Å². The summed E-state index contributed by atoms with van der Waals surface area (Å²) in [5.41, 5.74) is 0.706. The highest BCUT2D eigenvalue weighted by Gasteiger charge is 2.22. The molecule has 2 heterocycles. The molecule has 0 saturated carbocycles. The van der Waals surface area contributed by atoms with Gasteiger partial charge in [0.1, 0.15) is 5.56 Å². The molecule has 0 atom stereocenters. The Balaban J connectivity index is 1.97. The van der Waals surface area contributed by atoms with Crippen LogP contribution in [0.4, 0.5) is 5.69 Å². The first-order valence-corrected chi connectivity index (χ1v) is 10.8. The molecule has 0 aliphatic heterocycles. The maximum atomic E-state index is 13.3. The Morgan fingerprint density at radius 1 is 1.00 bits per heavy atom. The van der Waals surface area contributed by atoms with Crippen LogP contribution >= 0.6 is 0 Å². The maximum Gasteiger partial charge on any atom is 0.335 e. The van der Waals surface area contributed by atoms with E-state index in [9.17, 15) is 19.5 Å². The molecule has 0 aliphatic carbocycles. The van der Waals surface area contributed by atoms with Crippen molar-refractivity contribution < 1.29 is 5.11 Å². The Bertz CT molecular complexity index is 1590. The SMILES string of the molecule is CCC(=Nc1c(C)n(C)n(-c2ccccc2)c1=O)c1c(O)n(-c2ccccc2C)c(=O)[nH]c1=O. The van der Waals surface area contributed by atoms with Crippen LogP contribution < -0.4 is 16.8 Å². The van der Waals surface area contributed by atoms with Crippen LogP contribution in [0.2, 0.25) is 0 Å². The second-order valence-electron chi connectivity index (χ2n) is 7.90. The molecule has 0 spiro atoms. The van der Waals surface area contributed by atoms with E-state index < -0.39 is 17.1 Å². The van der Waals surface area contributed by atoms with Crippen LogP contribution in [0.3, 0.4) is 0 Å². The summed E-state index contributed by atoms with van der Waals surface area (Å²) < 4.78 is 4.21. The smallest absolute Gasteiger partial charge is 0.335 e. The average Bonchev–Trinajstić information content (AvgIpc) is 3.02. The van der Waals surface area contributed by atoms with E-state index in [2.05, 4.69) is 9.98 Å². The molecule has 4 aromatic rings. The first-order valence-electron chi connectivity index (χ1n) is 10.8. The lowest BCUT2D eigenvalue weighted by Gasteiger charge is -2.14. The minimum atomic E-state index is -0.773. The highest BCUT2D eigenvalue weighted by Crippen LogP contribution is 2.23. The summed E-state index contributed by atoms with van der Waals surface area (Å²) in [6.07, 6.45) is 0.238. The average molecular weight is 460 g/mol. The van der Waals surface area contributed by atoms with Gasteiger partial charge in [0.2, 0.25) is 5.88 Å². The summed E-state index contributed by atoms with van der Waals surface area (Å²) in [5.74, 6) is -0.527. The number of nitrogens with one attached hydrogen (secondary N) is 1. The Kier molecular flexibility index (Phi) is 5.93. The van der Waals surface area contributed by atoms with Crippen LogP contribution in [0.5, 0.6) is 5.88 Å². The van der Waals surface area contributed by atoms with Gasteiger partial charge in [0.05, 0.1) is 22.8 Å². The number of aromatic nitrogens is 4. The van der Waals surface area contributed by atoms with E-state index in [1.165, 1.54) is 4.68 Å². The number of aryl methyl sites for hydroxylation is 1. The van der Waals surface area contributed by atoms with Crippen molar-refractivity contribution in [3.05, 3.63) is 103 Å². The Morgan fingerprint density at radius 2 is 1.65 bits per heavy atom. The highest BCUT2D eigenvalue weighted by atomic mass is 16.3. The first kappa shape index (κ1) is 22.8. The van der Waals surface area contributed by atoms with Gasteiger partial charge in [-0.1, -0.05) is 43.3 Å². The molecule has 9 heteroatoms. The van der Waals surface area contributed by atoms with Gasteiger partial charge in [0, 0.05) is 7.05 Å². The second-order valence-corrected chi connectivity index (χ2v) is 7.90. The molecule has 0 amide bonds. The molecule has 2 aromatic carbocycles. The van der Waals surface area contributed by atoms with Crippen molar-refractivity contribution in [2.75, 3.05) is 0 Å². The van der Waals surface area contributed by atoms with E-state index in [4.69, 9.17) is 0 Å². The molecule has 2 N–H and O–H groups in total. The number of nitrogens with zero attached hydrogens (tertiary/aromatic N) is 4. The van der Waals surface area contributed by atoms with Crippen LogP contribution in [-0.4, -0.2) is 29.7 Å². The minimum Gasteiger partial charge on any atom is -0.493 e. The maximum absolute atomic E-state index is 13.3. The number of rotatable bonds is 5. The Morgan fingerprint density at radius 3 is 2.29 bits per heavy atom. The third-order valence-corrected chi connectivity index (χ3v) is 5.84. The molecule has 9 nitrogen and oxygen atoms in total. The molecule has 0 bridgehead atoms. The van der Waals surface area contributed by atoms with Gasteiger partial charge in [0.25, 0.3) is 11.1 Å². The summed E-state index contributed by atoms with van der Waals surface area (Å²) in [5, 5.41) is 11.1. The van der Waals surface area contributed by atoms with E-state index in [1.807, 2.05) is 36.4 Å². The zero-order chi connectivity index (χ0) is 24.6. The molecule has 4 rings (SSSR count). The zero-order valence-electron chi connectivity index (χ0n) is 19.4. The molecular weight excluding hydrogens is 434 g/mol. The lowest BCUT2D eigenvalue weighted by Crippen LogP contribution is -2.33. The van der Waals surface area contributed by atoms with Gasteiger partial charge in [-0.2, -0.15) is 0 Å². The van der Waals surface area contributed by atoms with Crippen molar-refractivity contribution in [1.29, 1.82) is 0 Å². The van der Waals surface area contributed by atoms with Crippen molar-refractivity contribution in [3.8, 4) is 17.3 Å². The van der Waals surface area contributed by atoms with E-state index in [1.54, 1.807) is 50.7 Å². The van der Waals surface area contributed by atoms with Crippen LogP contribution in [-0.2, 0) is 7.05 Å². The highest BCUT2D eigenvalue weighted by molar-refractivity contribution is 6.03. The van der Waals surface area contributed by atoms with Gasteiger partial charge in [-0.25, -0.2) is 19.0 Å². The van der Waals surface area contributed by atoms with E-state index in [0.717, 1.165) is 10.1 Å². The monoisotopic (exact) mass is 459 g/mol. The van der Waals surface area contributed by atoms with Crippen LogP contribution in [0.1, 0.15) is 30.2 Å². The predicted octanol–water partition coefficient (Wildman–Crippen LogP) is 2.87. The fraction of sp³-hybridized carbons (Fsp3) is 0.200. The fourth-order valence-corrected chi connectivity index (χ4v) is 3.95. The van der Waals surface area contributed by atoms with Gasteiger partial charge >= 0.3 is 5.69 Å². The van der Waals surface area contributed by atoms with Gasteiger partial charge in [-0.3, -0.25) is 19.3 Å². The van der Waals surface area contributed by atoms with Gasteiger partial charge < -0.3 is 5.11 Å². The molecule has 34 heavy (non-hydrogen) atoms. The van der Waals surface area contributed by atoms with E-state index >= 15 is 0 Å². The topological polar surface area (TPSA) is 114 Å². The Hall–Kier alpha value is -4.40. The molecule has 174 valence electrons. The summed E-state index contributed by atoms with van der Waals surface area (Å²) in [6, 6.07) is 16.1. The lowest BCUT2D eigenvalue weighted by molar-refractivity contribution is 0.429. The summed E-state index contributed by atoms with van der Waals surface area (Å²) in [7, 11) is 1.75. The van der Waals surface area contributed by atoms with Gasteiger partial charge in [-0.05, 0) is 44.0 Å². The van der Waals surface area contributed by atoms with Crippen molar-refractivity contribution >= 4 is 11.4 Å². The number of benzene rings is 2. The quantitative estimate of drug-likeness (QED) is 0.447. The third kappa shape index (κ3) is 3.71. The number of hydrogen-bond donors (Lipinski definition) is 2. The minimum absolute atomic E-state index is 0.149. The molecule has 0 aliphatic rings. The normalized spacial score (nSPS) is 11.7.